The highest BCUT2D eigenvalue weighted by Gasteiger charge is 2.00. The van der Waals surface area contributed by atoms with Crippen LogP contribution < -0.4 is 5.32 Å². The van der Waals surface area contributed by atoms with Gasteiger partial charge in [-0.15, -0.1) is 11.3 Å². The van der Waals surface area contributed by atoms with Crippen molar-refractivity contribution in [2.24, 2.45) is 0 Å². The summed E-state index contributed by atoms with van der Waals surface area (Å²) in [5.41, 5.74) is 2.50. The Morgan fingerprint density at radius 1 is 1.11 bits per heavy atom. The van der Waals surface area contributed by atoms with Gasteiger partial charge in [0, 0.05) is 29.5 Å². The van der Waals surface area contributed by atoms with Crippen molar-refractivity contribution in [2.45, 2.75) is 19.7 Å². The Morgan fingerprint density at radius 3 is 2.44 bits per heavy atom. The number of ether oxygens (including phenoxy) is 1. The molecule has 1 heterocycles. The minimum Gasteiger partial charge on any atom is -0.380 e. The van der Waals surface area contributed by atoms with E-state index in [1.807, 2.05) is 0 Å². The first kappa shape index (κ1) is 13.7. The summed E-state index contributed by atoms with van der Waals surface area (Å²) < 4.78 is 6.28. The molecule has 0 spiro atoms. The monoisotopic (exact) mass is 325 g/mol. The standard InChI is InChI=1S/C14H16BrNOS/c1-17-10-12-4-2-11(3-5-12)8-16-9-14-13(15)6-7-18-14/h2-7,16H,8-10H2,1H3. The van der Waals surface area contributed by atoms with Crippen LogP contribution in [0.2, 0.25) is 0 Å². The minimum atomic E-state index is 0.676. The highest BCUT2D eigenvalue weighted by Crippen LogP contribution is 2.22. The van der Waals surface area contributed by atoms with E-state index in [0.717, 1.165) is 13.1 Å². The maximum absolute atomic E-state index is 5.09. The van der Waals surface area contributed by atoms with E-state index in [9.17, 15) is 0 Å². The van der Waals surface area contributed by atoms with Crippen molar-refractivity contribution in [3.63, 3.8) is 0 Å². The summed E-state index contributed by atoms with van der Waals surface area (Å²) >= 11 is 5.30. The van der Waals surface area contributed by atoms with Gasteiger partial charge in [0.05, 0.1) is 6.61 Å². The number of rotatable bonds is 6. The number of halogens is 1. The molecule has 1 aromatic carbocycles. The molecule has 2 rings (SSSR count). The Labute approximate surface area is 120 Å². The van der Waals surface area contributed by atoms with Crippen LogP contribution in [0.5, 0.6) is 0 Å². The Morgan fingerprint density at radius 2 is 1.83 bits per heavy atom. The molecule has 0 atom stereocenters. The zero-order chi connectivity index (χ0) is 12.8. The summed E-state index contributed by atoms with van der Waals surface area (Å²) in [6.45, 7) is 2.46. The molecule has 1 N–H and O–H groups in total. The highest BCUT2D eigenvalue weighted by molar-refractivity contribution is 9.10. The van der Waals surface area contributed by atoms with Crippen LogP contribution in [0.3, 0.4) is 0 Å². The Hall–Kier alpha value is -0.680. The molecule has 0 saturated carbocycles. The maximum Gasteiger partial charge on any atom is 0.0713 e. The van der Waals surface area contributed by atoms with Crippen LogP contribution in [0.1, 0.15) is 16.0 Å². The summed E-state index contributed by atoms with van der Waals surface area (Å²) in [6, 6.07) is 10.6. The molecule has 0 amide bonds. The van der Waals surface area contributed by atoms with Gasteiger partial charge in [-0.25, -0.2) is 0 Å². The second kappa shape index (κ2) is 7.04. The van der Waals surface area contributed by atoms with Gasteiger partial charge in [0.2, 0.25) is 0 Å². The van der Waals surface area contributed by atoms with Crippen LogP contribution >= 0.6 is 27.3 Å². The lowest BCUT2D eigenvalue weighted by atomic mass is 10.1. The molecule has 0 saturated heterocycles. The SMILES string of the molecule is COCc1ccc(CNCc2sccc2Br)cc1. The molecule has 96 valence electrons. The Balaban J connectivity index is 1.81. The second-order valence-corrected chi connectivity index (χ2v) is 5.90. The van der Waals surface area contributed by atoms with Gasteiger partial charge in [-0.2, -0.15) is 0 Å². The molecule has 4 heteroatoms. The average Bonchev–Trinajstić information content (AvgIpc) is 2.78. The van der Waals surface area contributed by atoms with Gasteiger partial charge in [-0.3, -0.25) is 0 Å². The molecule has 0 bridgehead atoms. The highest BCUT2D eigenvalue weighted by atomic mass is 79.9. The molecule has 0 fully saturated rings. The third kappa shape index (κ3) is 3.92. The second-order valence-electron chi connectivity index (χ2n) is 4.04. The first-order valence-electron chi connectivity index (χ1n) is 5.79. The van der Waals surface area contributed by atoms with Crippen molar-refractivity contribution in [1.29, 1.82) is 0 Å². The molecular formula is C14H16BrNOS. The molecule has 2 aromatic rings. The van der Waals surface area contributed by atoms with Crippen molar-refractivity contribution >= 4 is 27.3 Å². The van der Waals surface area contributed by atoms with Gasteiger partial charge in [0.15, 0.2) is 0 Å². The van der Waals surface area contributed by atoms with Crippen LogP contribution in [0.4, 0.5) is 0 Å². The predicted octanol–water partition coefficient (Wildman–Crippen LogP) is 3.95. The van der Waals surface area contributed by atoms with Crippen LogP contribution in [-0.4, -0.2) is 7.11 Å². The van der Waals surface area contributed by atoms with E-state index in [1.165, 1.54) is 20.5 Å². The lowest BCUT2D eigenvalue weighted by molar-refractivity contribution is 0.185. The summed E-state index contributed by atoms with van der Waals surface area (Å²) in [5, 5.41) is 5.54. The smallest absolute Gasteiger partial charge is 0.0713 e. The van der Waals surface area contributed by atoms with Gasteiger partial charge >= 0.3 is 0 Å². The molecule has 0 unspecified atom stereocenters. The minimum absolute atomic E-state index is 0.676. The predicted molar refractivity (Wildman–Crippen MR) is 79.7 cm³/mol. The molecule has 0 radical (unpaired) electrons. The van der Waals surface area contributed by atoms with E-state index in [2.05, 4.69) is 57.0 Å². The van der Waals surface area contributed by atoms with E-state index in [-0.39, 0.29) is 0 Å². The van der Waals surface area contributed by atoms with Gasteiger partial charge in [0.1, 0.15) is 0 Å². The fraction of sp³-hybridized carbons (Fsp3) is 0.286. The van der Waals surface area contributed by atoms with Crippen molar-refractivity contribution in [2.75, 3.05) is 7.11 Å². The summed E-state index contributed by atoms with van der Waals surface area (Å²) in [7, 11) is 1.72. The van der Waals surface area contributed by atoms with Crippen molar-refractivity contribution < 1.29 is 4.74 Å². The number of benzene rings is 1. The lowest BCUT2D eigenvalue weighted by Gasteiger charge is -2.05. The summed E-state index contributed by atoms with van der Waals surface area (Å²) in [5.74, 6) is 0. The first-order valence-corrected chi connectivity index (χ1v) is 7.46. The summed E-state index contributed by atoms with van der Waals surface area (Å²) in [6.07, 6.45) is 0. The number of hydrogen-bond donors (Lipinski definition) is 1. The van der Waals surface area contributed by atoms with Gasteiger partial charge in [0.25, 0.3) is 0 Å². The number of nitrogens with one attached hydrogen (secondary N) is 1. The summed E-state index contributed by atoms with van der Waals surface area (Å²) in [4.78, 5) is 1.34. The van der Waals surface area contributed by atoms with Crippen molar-refractivity contribution in [3.8, 4) is 0 Å². The van der Waals surface area contributed by atoms with Gasteiger partial charge in [-0.1, -0.05) is 24.3 Å². The fourth-order valence-electron chi connectivity index (χ4n) is 1.69. The van der Waals surface area contributed by atoms with E-state index in [0.29, 0.717) is 6.61 Å². The van der Waals surface area contributed by atoms with Crippen LogP contribution in [0, 0.1) is 0 Å². The van der Waals surface area contributed by atoms with Gasteiger partial charge in [-0.05, 0) is 38.5 Å². The molecule has 0 aliphatic carbocycles. The number of hydrogen-bond acceptors (Lipinski definition) is 3. The Kier molecular flexibility index (Phi) is 5.38. The van der Waals surface area contributed by atoms with Crippen LogP contribution in [-0.2, 0) is 24.4 Å². The third-order valence-corrected chi connectivity index (χ3v) is 4.57. The van der Waals surface area contributed by atoms with Gasteiger partial charge < -0.3 is 10.1 Å². The molecule has 2 nitrogen and oxygen atoms in total. The van der Waals surface area contributed by atoms with E-state index in [4.69, 9.17) is 4.74 Å². The van der Waals surface area contributed by atoms with E-state index >= 15 is 0 Å². The molecular weight excluding hydrogens is 310 g/mol. The normalized spacial score (nSPS) is 10.8. The quantitative estimate of drug-likeness (QED) is 0.868. The first-order chi connectivity index (χ1) is 8.79. The van der Waals surface area contributed by atoms with E-state index in [1.54, 1.807) is 18.4 Å². The topological polar surface area (TPSA) is 21.3 Å². The maximum atomic E-state index is 5.09. The fourth-order valence-corrected chi connectivity index (χ4v) is 3.15. The van der Waals surface area contributed by atoms with Crippen LogP contribution in [0.15, 0.2) is 40.2 Å². The van der Waals surface area contributed by atoms with E-state index < -0.39 is 0 Å². The third-order valence-electron chi connectivity index (χ3n) is 2.64. The van der Waals surface area contributed by atoms with Crippen LogP contribution in [0.25, 0.3) is 0 Å². The molecule has 18 heavy (non-hydrogen) atoms. The lowest BCUT2D eigenvalue weighted by Crippen LogP contribution is -2.12. The molecule has 0 aliphatic heterocycles. The van der Waals surface area contributed by atoms with Crippen molar-refractivity contribution in [3.05, 3.63) is 56.2 Å². The zero-order valence-electron chi connectivity index (χ0n) is 10.3. The number of methoxy groups -OCH3 is 1. The molecule has 0 aliphatic rings. The average molecular weight is 326 g/mol. The number of thiophene rings is 1. The largest absolute Gasteiger partial charge is 0.380 e. The van der Waals surface area contributed by atoms with Crippen molar-refractivity contribution in [1.82, 2.24) is 5.32 Å². The molecule has 1 aromatic heterocycles. The Bertz CT molecular complexity index is 481. The zero-order valence-corrected chi connectivity index (χ0v) is 12.7.